The fourth-order valence-corrected chi connectivity index (χ4v) is 11.0. The van der Waals surface area contributed by atoms with E-state index in [1.165, 1.54) is 0 Å². The monoisotopic (exact) mass is 729 g/mol. The lowest BCUT2D eigenvalue weighted by Gasteiger charge is -2.32. The van der Waals surface area contributed by atoms with E-state index in [-0.39, 0.29) is 36.0 Å². The van der Waals surface area contributed by atoms with E-state index in [1.807, 2.05) is 86.9 Å². The quantitative estimate of drug-likeness (QED) is 0.215. The van der Waals surface area contributed by atoms with Gasteiger partial charge in [0.15, 0.2) is 13.9 Å². The van der Waals surface area contributed by atoms with Gasteiger partial charge in [0.1, 0.15) is 0 Å². The predicted octanol–water partition coefficient (Wildman–Crippen LogP) is 5.62. The van der Waals surface area contributed by atoms with E-state index >= 15 is 0 Å². The Balaban J connectivity index is 1.18. The van der Waals surface area contributed by atoms with Crippen molar-refractivity contribution in [3.8, 4) is 0 Å². The minimum Gasteiger partial charge on any atom is -0.432 e. The zero-order valence-electron chi connectivity index (χ0n) is 27.3. The summed E-state index contributed by atoms with van der Waals surface area (Å²) in [7, 11) is -2.82. The largest absolute Gasteiger partial charge is 0.432 e. The number of para-hydroxylation sites is 1. The molecule has 2 amide bonds. The highest BCUT2D eigenvalue weighted by atomic mass is 79.9. The lowest BCUT2D eigenvalue weighted by Crippen LogP contribution is -2.46. The number of hydrogen-bond donors (Lipinski definition) is 2. The van der Waals surface area contributed by atoms with E-state index in [9.17, 15) is 19.5 Å². The molecular weight excluding hydrogens is 690 g/mol. The molecule has 1 saturated heterocycles. The van der Waals surface area contributed by atoms with Crippen LogP contribution in [-0.4, -0.2) is 57.7 Å². The third-order valence-electron chi connectivity index (χ3n) is 10.2. The van der Waals surface area contributed by atoms with Crippen LogP contribution in [0.25, 0.3) is 0 Å². The van der Waals surface area contributed by atoms with Gasteiger partial charge in [0, 0.05) is 59.4 Å². The summed E-state index contributed by atoms with van der Waals surface area (Å²) >= 11 is 3.64. The Morgan fingerprint density at radius 1 is 1.04 bits per heavy atom. The van der Waals surface area contributed by atoms with Gasteiger partial charge in [0.25, 0.3) is 5.91 Å². The second-order valence-corrected chi connectivity index (χ2v) is 18.6. The maximum atomic E-state index is 14.8. The fourth-order valence-electron chi connectivity index (χ4n) is 8.06. The summed E-state index contributed by atoms with van der Waals surface area (Å²) in [6.45, 7) is 6.72. The number of carbonyl (C=O) groups is 2. The van der Waals surface area contributed by atoms with E-state index in [0.29, 0.717) is 38.0 Å². The van der Waals surface area contributed by atoms with Crippen LogP contribution in [0.4, 0.5) is 17.1 Å². The van der Waals surface area contributed by atoms with Crippen LogP contribution >= 0.6 is 15.9 Å². The normalized spacial score (nSPS) is 23.7. The van der Waals surface area contributed by atoms with Gasteiger partial charge >= 0.3 is 0 Å². The molecule has 0 bridgehead atoms. The Hall–Kier alpha value is -3.68. The number of aliphatic hydroxyl groups excluding tert-OH is 1. The van der Waals surface area contributed by atoms with Crippen LogP contribution in [0.2, 0.25) is 18.6 Å². The van der Waals surface area contributed by atoms with Crippen LogP contribution in [0.1, 0.15) is 42.1 Å². The number of nitrogens with zero attached hydrogens (tertiary/aromatic N) is 5. The van der Waals surface area contributed by atoms with E-state index < -0.39 is 13.9 Å². The Morgan fingerprint density at radius 2 is 1.81 bits per heavy atom. The van der Waals surface area contributed by atoms with Crippen molar-refractivity contribution in [2.24, 2.45) is 5.92 Å². The first-order valence-corrected chi connectivity index (χ1v) is 20.3. The van der Waals surface area contributed by atoms with Crippen molar-refractivity contribution in [3.05, 3.63) is 99.8 Å². The highest BCUT2D eigenvalue weighted by Gasteiger charge is 2.66. The number of fused-ring (bicyclic) bond motifs is 3. The molecule has 7 rings (SSSR count). The third kappa shape index (κ3) is 5.63. The van der Waals surface area contributed by atoms with Gasteiger partial charge in [0.05, 0.1) is 29.7 Å². The molecule has 3 aliphatic rings. The van der Waals surface area contributed by atoms with Crippen LogP contribution in [0, 0.1) is 5.92 Å². The summed E-state index contributed by atoms with van der Waals surface area (Å²) in [5.41, 5.74) is 4.64. The van der Waals surface area contributed by atoms with Gasteiger partial charge in [-0.1, -0.05) is 58.4 Å². The predicted molar refractivity (Wildman–Crippen MR) is 188 cm³/mol. The van der Waals surface area contributed by atoms with Crippen molar-refractivity contribution in [3.63, 3.8) is 0 Å². The van der Waals surface area contributed by atoms with Gasteiger partial charge in [-0.25, -0.2) is 0 Å². The summed E-state index contributed by atoms with van der Waals surface area (Å²) in [6, 6.07) is 21.7. The number of aromatic nitrogens is 3. The lowest BCUT2D eigenvalue weighted by molar-refractivity contribution is -0.146. The molecule has 3 aromatic carbocycles. The van der Waals surface area contributed by atoms with Gasteiger partial charge in [-0.05, 0) is 73.5 Å². The average Bonchev–Trinajstić information content (AvgIpc) is 3.70. The molecule has 0 aliphatic carbocycles. The summed E-state index contributed by atoms with van der Waals surface area (Å²) in [5, 5.41) is 17.6. The average molecular weight is 731 g/mol. The maximum Gasteiger partial charge on any atom is 0.264 e. The van der Waals surface area contributed by atoms with Crippen molar-refractivity contribution >= 4 is 53.1 Å². The first kappa shape index (κ1) is 32.8. The van der Waals surface area contributed by atoms with Crippen LogP contribution in [0.5, 0.6) is 0 Å². The van der Waals surface area contributed by atoms with Gasteiger partial charge in [-0.15, -0.1) is 5.10 Å². The molecule has 4 aromatic rings. The van der Waals surface area contributed by atoms with Gasteiger partial charge in [0.2, 0.25) is 5.91 Å². The van der Waals surface area contributed by atoms with E-state index in [0.717, 1.165) is 44.6 Å². The SMILES string of the molecule is C[C@@H]1[C@@H]([Si](C)(C)O)[C@H](CCn2cc(CCO)nn2)O[C@@]12C(=O)N(Cc1ccc(N3C(=O)CCc4ccccc43)cc1)c1ccc(Br)cc12. The lowest BCUT2D eigenvalue weighted by atomic mass is 9.82. The molecule has 10 nitrogen and oxygen atoms in total. The van der Waals surface area contributed by atoms with Crippen molar-refractivity contribution in [2.75, 3.05) is 16.4 Å². The minimum absolute atomic E-state index is 0.00120. The number of benzene rings is 3. The van der Waals surface area contributed by atoms with Crippen molar-refractivity contribution < 1.29 is 24.2 Å². The molecule has 3 aliphatic heterocycles. The maximum absolute atomic E-state index is 14.8. The second kappa shape index (κ2) is 12.6. The number of anilines is 3. The minimum atomic E-state index is -2.82. The summed E-state index contributed by atoms with van der Waals surface area (Å²) in [4.78, 5) is 43.0. The number of hydrogen-bond acceptors (Lipinski definition) is 7. The van der Waals surface area contributed by atoms with Crippen molar-refractivity contribution in [2.45, 2.75) is 76.0 Å². The molecule has 1 spiro atoms. The van der Waals surface area contributed by atoms with Crippen LogP contribution < -0.4 is 9.80 Å². The number of rotatable bonds is 9. The number of ether oxygens (including phenoxy) is 1. The molecule has 2 N–H and O–H groups in total. The zero-order chi connectivity index (χ0) is 33.8. The van der Waals surface area contributed by atoms with Crippen molar-refractivity contribution in [1.82, 2.24) is 15.0 Å². The molecule has 48 heavy (non-hydrogen) atoms. The van der Waals surface area contributed by atoms with E-state index in [4.69, 9.17) is 4.74 Å². The van der Waals surface area contributed by atoms with Gasteiger partial charge in [-0.2, -0.15) is 0 Å². The first-order valence-electron chi connectivity index (χ1n) is 16.5. The summed E-state index contributed by atoms with van der Waals surface area (Å²) < 4.78 is 9.54. The number of aliphatic hydroxyl groups is 1. The number of amides is 2. The van der Waals surface area contributed by atoms with Crippen LogP contribution in [0.15, 0.2) is 77.4 Å². The number of halogens is 1. The van der Waals surface area contributed by atoms with Crippen LogP contribution in [0.3, 0.4) is 0 Å². The first-order chi connectivity index (χ1) is 23.0. The molecule has 12 heteroatoms. The molecule has 1 aromatic heterocycles. The molecule has 4 heterocycles. The van der Waals surface area contributed by atoms with Crippen LogP contribution in [-0.2, 0) is 45.9 Å². The molecule has 250 valence electrons. The summed E-state index contributed by atoms with van der Waals surface area (Å²) in [6.07, 6.45) is 3.63. The third-order valence-corrected chi connectivity index (χ3v) is 13.2. The number of aryl methyl sites for hydroxylation is 2. The molecule has 4 atom stereocenters. The zero-order valence-corrected chi connectivity index (χ0v) is 29.9. The Labute approximate surface area is 289 Å². The molecule has 1 fully saturated rings. The smallest absolute Gasteiger partial charge is 0.264 e. The molecule has 0 saturated carbocycles. The van der Waals surface area contributed by atoms with E-state index in [1.54, 1.807) is 14.5 Å². The summed E-state index contributed by atoms with van der Waals surface area (Å²) in [5.74, 6) is -0.351. The Morgan fingerprint density at radius 3 is 2.56 bits per heavy atom. The molecule has 0 unspecified atom stereocenters. The second-order valence-electron chi connectivity index (χ2n) is 13.7. The highest BCUT2D eigenvalue weighted by molar-refractivity contribution is 9.10. The molecule has 0 radical (unpaired) electrons. The molecular formula is C36H40BrN5O5Si. The Bertz CT molecular complexity index is 1860. The number of carbonyl (C=O) groups excluding carboxylic acids is 2. The van der Waals surface area contributed by atoms with Crippen molar-refractivity contribution in [1.29, 1.82) is 0 Å². The highest BCUT2D eigenvalue weighted by Crippen LogP contribution is 2.60. The van der Waals surface area contributed by atoms with E-state index in [2.05, 4.69) is 32.3 Å². The van der Waals surface area contributed by atoms with Gasteiger partial charge in [-0.3, -0.25) is 19.2 Å². The Kier molecular flexibility index (Phi) is 8.65. The standard InChI is InChI=1S/C36H40BrN5O5Si/c1-23-34(48(2,3)46)32(16-18-40-22-27(17-19-43)38-39-40)47-36(23)29-20-26(37)11-14-31(29)41(35(36)45)21-24-8-12-28(13-9-24)42-30-7-5-4-6-25(30)10-15-33(42)44/h4-9,11-14,20,22-23,32,34,43,46H,10,15-19,21H2,1-3H3/t23-,32+,34-,36+/m1/s1. The van der Waals surface area contributed by atoms with Gasteiger partial charge < -0.3 is 19.5 Å². The topological polar surface area (TPSA) is 121 Å². The fraction of sp³-hybridized carbons (Fsp3) is 0.389.